The Balaban J connectivity index is 2.07. The van der Waals surface area contributed by atoms with Gasteiger partial charge in [-0.25, -0.2) is 0 Å². The second kappa shape index (κ2) is 2.67. The Morgan fingerprint density at radius 3 is 3.09 bits per heavy atom. The molecule has 1 aromatic rings. The Morgan fingerprint density at radius 1 is 1.55 bits per heavy atom. The fraction of sp³-hybridized carbons (Fsp3) is 0.400. The fourth-order valence-corrected chi connectivity index (χ4v) is 1.41. The highest BCUT2D eigenvalue weighted by molar-refractivity contribution is 5.25. The van der Waals surface area contributed by atoms with Crippen LogP contribution < -0.4 is 0 Å². The maximum Gasteiger partial charge on any atom is 0.487 e. The lowest BCUT2D eigenvalue weighted by Gasteiger charge is -1.95. The molecule has 0 saturated heterocycles. The second-order valence-electron chi connectivity index (χ2n) is 2.99. The molecule has 1 aliphatic rings. The smallest absolute Gasteiger partial charge is 0.445 e. The highest BCUT2D eigenvalue weighted by Gasteiger charge is 2.39. The lowest BCUT2D eigenvalue weighted by molar-refractivity contribution is 0.274. The van der Waals surface area contributed by atoms with Gasteiger partial charge >= 0.3 is 1.43 Å². The zero-order valence-corrected chi connectivity index (χ0v) is 6.20. The third-order valence-corrected chi connectivity index (χ3v) is 2.18. The largest absolute Gasteiger partial charge is 0.487 e. The minimum Gasteiger partial charge on any atom is -0.445 e. The van der Waals surface area contributed by atoms with Gasteiger partial charge in [0.2, 0.25) is 0 Å². The molecular formula is C10H13O+. The van der Waals surface area contributed by atoms with Crippen molar-refractivity contribution in [3.05, 3.63) is 35.9 Å². The van der Waals surface area contributed by atoms with E-state index in [1.807, 2.05) is 30.3 Å². The second-order valence-corrected chi connectivity index (χ2v) is 2.99. The normalized spacial score (nSPS) is 33.6. The summed E-state index contributed by atoms with van der Waals surface area (Å²) < 4.78 is 21.7. The number of rotatable bonds is 3. The summed E-state index contributed by atoms with van der Waals surface area (Å²) in [5, 5.41) is 3.04. The van der Waals surface area contributed by atoms with Crippen molar-refractivity contribution in [2.75, 3.05) is 6.56 Å². The van der Waals surface area contributed by atoms with Crippen molar-refractivity contribution in [1.82, 2.24) is 0 Å². The van der Waals surface area contributed by atoms with Crippen LogP contribution in [0, 0.1) is 5.92 Å². The third kappa shape index (κ3) is 1.29. The lowest BCUT2D eigenvalue weighted by atomic mass is 10.1. The van der Waals surface area contributed by atoms with Crippen molar-refractivity contribution < 1.29 is 7.85 Å². The van der Waals surface area contributed by atoms with E-state index in [4.69, 9.17) is 4.17 Å². The molecule has 58 valence electrons. The molecule has 2 atom stereocenters. The summed E-state index contributed by atoms with van der Waals surface area (Å²) in [4.78, 5) is 0. The summed E-state index contributed by atoms with van der Waals surface area (Å²) >= 11 is 0. The first-order valence-electron chi connectivity index (χ1n) is 5.31. The van der Waals surface area contributed by atoms with Gasteiger partial charge in [0.05, 0.1) is 0 Å². The summed E-state index contributed by atoms with van der Waals surface area (Å²) in [6.45, 7) is -1.68. The first kappa shape index (κ1) is 4.27. The summed E-state index contributed by atoms with van der Waals surface area (Å²) in [6.07, 6.45) is 0.805. The third-order valence-electron chi connectivity index (χ3n) is 2.18. The van der Waals surface area contributed by atoms with Gasteiger partial charge in [-0.15, -0.1) is 0 Å². The maximum atomic E-state index is 7.48. The molecule has 1 saturated carbocycles. The van der Waals surface area contributed by atoms with E-state index in [2.05, 4.69) is 5.11 Å². The van der Waals surface area contributed by atoms with Gasteiger partial charge in [0, 0.05) is 5.92 Å². The van der Waals surface area contributed by atoms with Crippen molar-refractivity contribution in [3.63, 3.8) is 0 Å². The number of hydrogen-bond donors (Lipinski definition) is 0. The average molecular weight is 152 g/mol. The van der Waals surface area contributed by atoms with E-state index < -0.39 is 6.56 Å². The van der Waals surface area contributed by atoms with Crippen LogP contribution in [0.1, 0.15) is 20.6 Å². The van der Waals surface area contributed by atoms with E-state index in [1.54, 1.807) is 0 Å². The molecule has 2 N–H and O–H groups in total. The van der Waals surface area contributed by atoms with Crippen molar-refractivity contribution >= 4 is 0 Å². The van der Waals surface area contributed by atoms with Crippen LogP contribution in [0.4, 0.5) is 0 Å². The summed E-state index contributed by atoms with van der Waals surface area (Å²) in [5.74, 6) is 0.141. The van der Waals surface area contributed by atoms with Crippen LogP contribution in [-0.2, 0) is 0 Å². The summed E-state index contributed by atoms with van der Waals surface area (Å²) in [7, 11) is 0. The molecule has 2 rings (SSSR count). The first-order chi connectivity index (χ1) is 6.65. The topological polar surface area (TPSA) is 22.9 Å². The van der Waals surface area contributed by atoms with Crippen LogP contribution in [0.3, 0.4) is 0 Å². The molecule has 2 unspecified atom stereocenters. The molecule has 1 nitrogen and oxygen atoms in total. The molecule has 1 heteroatoms. The van der Waals surface area contributed by atoms with Gasteiger partial charge in [-0.05, 0) is 17.9 Å². The molecule has 1 fully saturated rings. The minimum atomic E-state index is -1.68. The Kier molecular flexibility index (Phi) is 1.03. The Labute approximate surface area is 71.0 Å². The monoisotopic (exact) mass is 152 g/mol. The SMILES string of the molecule is [2H][OH+]C([2H])([2H])C1CC1c1ccccc1. The van der Waals surface area contributed by atoms with Crippen molar-refractivity contribution in [1.29, 1.82) is 1.43 Å². The standard InChI is InChI=1S/C10H12O/c11-7-9-6-10(9)8-4-2-1-3-5-8/h1-5,9-11H,6-7H2/p+1/i7D2,11D. The Morgan fingerprint density at radius 2 is 2.36 bits per heavy atom. The minimum absolute atomic E-state index is 0.109. The van der Waals surface area contributed by atoms with Gasteiger partial charge in [0.25, 0.3) is 0 Å². The summed E-state index contributed by atoms with van der Waals surface area (Å²) in [5.41, 5.74) is 1.16. The molecule has 11 heavy (non-hydrogen) atoms. The summed E-state index contributed by atoms with van der Waals surface area (Å²) in [6, 6.07) is 9.87. The lowest BCUT2D eigenvalue weighted by Crippen LogP contribution is -1.87. The maximum absolute atomic E-state index is 7.48. The van der Waals surface area contributed by atoms with Gasteiger partial charge in [-0.3, -0.25) is 0 Å². The highest BCUT2D eigenvalue weighted by Crippen LogP contribution is 2.46. The van der Waals surface area contributed by atoms with E-state index in [9.17, 15) is 0 Å². The van der Waals surface area contributed by atoms with Gasteiger partial charge < -0.3 is 5.11 Å². The van der Waals surface area contributed by atoms with Crippen molar-refractivity contribution in [3.8, 4) is 0 Å². The molecule has 0 radical (unpaired) electrons. The van der Waals surface area contributed by atoms with E-state index in [-0.39, 0.29) is 11.8 Å². The van der Waals surface area contributed by atoms with E-state index in [0.29, 0.717) is 0 Å². The number of benzene rings is 1. The van der Waals surface area contributed by atoms with Gasteiger partial charge in [0.1, 0.15) is 9.30 Å². The predicted octanol–water partition coefficient (Wildman–Crippen LogP) is 1.51. The Hall–Kier alpha value is -0.820. The van der Waals surface area contributed by atoms with Crippen LogP contribution in [0.2, 0.25) is 0 Å². The molecular weight excluding hydrogens is 136 g/mol. The van der Waals surface area contributed by atoms with Crippen LogP contribution in [0.5, 0.6) is 0 Å². The molecule has 1 aliphatic carbocycles. The Bertz CT molecular complexity index is 312. The molecule has 0 aliphatic heterocycles. The zero-order chi connectivity index (χ0) is 10.2. The van der Waals surface area contributed by atoms with Gasteiger partial charge in [0.15, 0.2) is 0 Å². The molecule has 0 bridgehead atoms. The van der Waals surface area contributed by atoms with Crippen LogP contribution in [0.15, 0.2) is 30.3 Å². The van der Waals surface area contributed by atoms with Crippen LogP contribution in [0.25, 0.3) is 0 Å². The average Bonchev–Trinajstić information content (AvgIpc) is 2.99. The quantitative estimate of drug-likeness (QED) is 0.586. The van der Waals surface area contributed by atoms with Gasteiger partial charge in [-0.1, -0.05) is 30.3 Å². The molecule has 1 aromatic carbocycles. The van der Waals surface area contributed by atoms with E-state index >= 15 is 0 Å². The van der Waals surface area contributed by atoms with Crippen molar-refractivity contribution in [2.45, 2.75) is 12.3 Å². The van der Waals surface area contributed by atoms with Crippen molar-refractivity contribution in [2.24, 2.45) is 5.92 Å². The molecule has 0 heterocycles. The molecule has 0 amide bonds. The number of hydrogen-bond acceptors (Lipinski definition) is 0. The first-order valence-corrected chi connectivity index (χ1v) is 3.86. The molecule has 0 aromatic heterocycles. The molecule has 0 spiro atoms. The zero-order valence-electron chi connectivity index (χ0n) is 9.20. The van der Waals surface area contributed by atoms with E-state index in [0.717, 1.165) is 12.0 Å². The fourth-order valence-electron chi connectivity index (χ4n) is 1.41. The van der Waals surface area contributed by atoms with Crippen LogP contribution >= 0.6 is 0 Å². The van der Waals surface area contributed by atoms with E-state index in [1.165, 1.54) is 0 Å². The van der Waals surface area contributed by atoms with Gasteiger partial charge in [-0.2, -0.15) is 0 Å². The van der Waals surface area contributed by atoms with Crippen LogP contribution in [-0.4, -0.2) is 13.1 Å². The highest BCUT2D eigenvalue weighted by atomic mass is 16.3. The predicted molar refractivity (Wildman–Crippen MR) is 45.8 cm³/mol.